The van der Waals surface area contributed by atoms with E-state index in [0.717, 1.165) is 55.8 Å². The number of phosphoric acid groups is 1. The predicted octanol–water partition coefficient (Wildman–Crippen LogP) is 5.16. The van der Waals surface area contributed by atoms with Gasteiger partial charge in [-0.3, -0.25) is 0 Å². The quantitative estimate of drug-likeness (QED) is 0.254. The third-order valence-electron chi connectivity index (χ3n) is 6.02. The Morgan fingerprint density at radius 1 is 0.543 bits per heavy atom. The van der Waals surface area contributed by atoms with E-state index in [9.17, 15) is 4.57 Å². The highest BCUT2D eigenvalue weighted by atomic mass is 31.2. The van der Waals surface area contributed by atoms with Gasteiger partial charge in [0.2, 0.25) is 0 Å². The molecule has 3 saturated heterocycles. The predicted molar refractivity (Wildman–Crippen MR) is 129 cm³/mol. The molecule has 6 rings (SSSR count). The third kappa shape index (κ3) is 6.65. The monoisotopic (exact) mass is 494 g/mol. The van der Waals surface area contributed by atoms with Crippen molar-refractivity contribution in [3.63, 3.8) is 0 Å². The Morgan fingerprint density at radius 2 is 0.800 bits per heavy atom. The normalized spacial score (nSPS) is 23.7. The number of benzene rings is 3. The fraction of sp³-hybridized carbons (Fsp3) is 0.333. The number of epoxide rings is 3. The SMILES string of the molecule is O=P(Oc1ccc(CC2CO2)cc1)(Oc1ccc(CC2CO2)cc1)Oc1ccc(CC2CO2)cc1. The summed E-state index contributed by atoms with van der Waals surface area (Å²) < 4.78 is 47.2. The van der Waals surface area contributed by atoms with Crippen molar-refractivity contribution in [2.24, 2.45) is 0 Å². The van der Waals surface area contributed by atoms with Crippen LogP contribution in [0.5, 0.6) is 17.2 Å². The van der Waals surface area contributed by atoms with Crippen molar-refractivity contribution in [2.45, 2.75) is 37.6 Å². The first-order chi connectivity index (χ1) is 17.1. The second-order valence-electron chi connectivity index (χ2n) is 9.13. The molecule has 3 fully saturated rings. The molecule has 0 aromatic heterocycles. The summed E-state index contributed by atoms with van der Waals surface area (Å²) in [6.07, 6.45) is 3.43. The van der Waals surface area contributed by atoms with Gasteiger partial charge in [-0.15, -0.1) is 0 Å². The molecule has 35 heavy (non-hydrogen) atoms. The van der Waals surface area contributed by atoms with Gasteiger partial charge in [-0.05, 0) is 53.1 Å². The molecule has 0 spiro atoms. The van der Waals surface area contributed by atoms with Gasteiger partial charge in [0, 0.05) is 19.3 Å². The minimum atomic E-state index is -4.05. The van der Waals surface area contributed by atoms with Crippen LogP contribution in [0.25, 0.3) is 0 Å². The highest BCUT2D eigenvalue weighted by Crippen LogP contribution is 2.50. The second kappa shape index (κ2) is 9.67. The molecule has 0 amide bonds. The van der Waals surface area contributed by atoms with Crippen molar-refractivity contribution in [1.82, 2.24) is 0 Å². The Balaban J connectivity index is 1.18. The smallest absolute Gasteiger partial charge is 0.386 e. The molecule has 3 atom stereocenters. The van der Waals surface area contributed by atoms with Gasteiger partial charge in [0.1, 0.15) is 17.2 Å². The number of hydrogen-bond donors (Lipinski definition) is 0. The molecule has 3 unspecified atom stereocenters. The van der Waals surface area contributed by atoms with Crippen molar-refractivity contribution < 1.29 is 32.3 Å². The van der Waals surface area contributed by atoms with Gasteiger partial charge in [-0.1, -0.05) is 36.4 Å². The van der Waals surface area contributed by atoms with Gasteiger partial charge in [-0.25, -0.2) is 0 Å². The van der Waals surface area contributed by atoms with E-state index in [1.54, 1.807) is 36.4 Å². The summed E-state index contributed by atoms with van der Waals surface area (Å²) in [5.74, 6) is 1.21. The molecular weight excluding hydrogens is 467 g/mol. The lowest BCUT2D eigenvalue weighted by atomic mass is 10.1. The molecule has 7 nitrogen and oxygen atoms in total. The molecule has 3 aromatic rings. The average Bonchev–Trinajstić information content (AvgIpc) is 3.69. The molecule has 3 aliphatic rings. The van der Waals surface area contributed by atoms with E-state index in [0.29, 0.717) is 35.6 Å². The second-order valence-corrected chi connectivity index (χ2v) is 10.6. The fourth-order valence-electron chi connectivity index (χ4n) is 3.85. The molecule has 0 aliphatic carbocycles. The Hall–Kier alpha value is -2.83. The van der Waals surface area contributed by atoms with E-state index in [4.69, 9.17) is 27.8 Å². The lowest BCUT2D eigenvalue weighted by Gasteiger charge is -2.20. The molecule has 0 saturated carbocycles. The number of rotatable bonds is 12. The minimum absolute atomic E-state index is 0.295. The van der Waals surface area contributed by atoms with Gasteiger partial charge in [0.05, 0.1) is 38.1 Å². The summed E-state index contributed by atoms with van der Waals surface area (Å²) in [5.41, 5.74) is 3.38. The molecule has 0 radical (unpaired) electrons. The largest absolute Gasteiger partial charge is 0.647 e. The zero-order chi connectivity index (χ0) is 23.7. The standard InChI is InChI=1S/C27H27O7P/c28-35(32-22-7-1-19(2-8-22)13-25-16-29-25,33-23-9-3-20(4-10-23)14-26-17-30-26)34-24-11-5-21(6-12-24)15-27-18-31-27/h1-12,25-27H,13-18H2. The molecular formula is C27H27O7P. The van der Waals surface area contributed by atoms with Crippen molar-refractivity contribution in [2.75, 3.05) is 19.8 Å². The van der Waals surface area contributed by atoms with Crippen LogP contribution < -0.4 is 13.6 Å². The van der Waals surface area contributed by atoms with Gasteiger partial charge in [-0.2, -0.15) is 4.57 Å². The molecule has 8 heteroatoms. The van der Waals surface area contributed by atoms with Gasteiger partial charge in [0.15, 0.2) is 0 Å². The molecule has 3 heterocycles. The van der Waals surface area contributed by atoms with Crippen LogP contribution in [0.3, 0.4) is 0 Å². The van der Waals surface area contributed by atoms with Crippen molar-refractivity contribution in [3.8, 4) is 17.2 Å². The molecule has 0 bridgehead atoms. The third-order valence-corrected chi connectivity index (χ3v) is 7.32. The first-order valence-corrected chi connectivity index (χ1v) is 13.4. The minimum Gasteiger partial charge on any atom is -0.386 e. The molecule has 0 N–H and O–H groups in total. The molecule has 182 valence electrons. The zero-order valence-electron chi connectivity index (χ0n) is 19.2. The summed E-state index contributed by atoms with van der Waals surface area (Å²) in [7, 11) is -4.05. The van der Waals surface area contributed by atoms with Crippen molar-refractivity contribution in [3.05, 3.63) is 89.5 Å². The zero-order valence-corrected chi connectivity index (χ0v) is 20.1. The first kappa shape index (κ1) is 22.6. The van der Waals surface area contributed by atoms with Crippen molar-refractivity contribution in [1.29, 1.82) is 0 Å². The van der Waals surface area contributed by atoms with Gasteiger partial charge < -0.3 is 27.8 Å². The van der Waals surface area contributed by atoms with Crippen LogP contribution in [0.1, 0.15) is 16.7 Å². The maximum absolute atomic E-state index is 13.8. The van der Waals surface area contributed by atoms with Crippen LogP contribution in [0.4, 0.5) is 0 Å². The summed E-state index contributed by atoms with van der Waals surface area (Å²) in [4.78, 5) is 0. The van der Waals surface area contributed by atoms with E-state index >= 15 is 0 Å². The highest BCUT2D eigenvalue weighted by molar-refractivity contribution is 7.49. The van der Waals surface area contributed by atoms with E-state index in [-0.39, 0.29) is 0 Å². The summed E-state index contributed by atoms with van der Waals surface area (Å²) in [6.45, 7) is 2.40. The van der Waals surface area contributed by atoms with Crippen LogP contribution in [0.15, 0.2) is 72.8 Å². The van der Waals surface area contributed by atoms with Crippen molar-refractivity contribution >= 4 is 7.82 Å². The number of ether oxygens (including phenoxy) is 3. The Kier molecular flexibility index (Phi) is 6.25. The van der Waals surface area contributed by atoms with Gasteiger partial charge in [0.25, 0.3) is 0 Å². The Bertz CT molecular complexity index is 1030. The Morgan fingerprint density at radius 3 is 1.03 bits per heavy atom. The summed E-state index contributed by atoms with van der Waals surface area (Å²) in [6, 6.07) is 22.2. The van der Waals surface area contributed by atoms with Crippen LogP contribution in [0.2, 0.25) is 0 Å². The molecule has 3 aromatic carbocycles. The van der Waals surface area contributed by atoms with Gasteiger partial charge >= 0.3 is 7.82 Å². The van der Waals surface area contributed by atoms with E-state index in [1.807, 2.05) is 36.4 Å². The van der Waals surface area contributed by atoms with Crippen LogP contribution in [-0.4, -0.2) is 38.1 Å². The number of hydrogen-bond acceptors (Lipinski definition) is 7. The Labute approximate surface area is 204 Å². The lowest BCUT2D eigenvalue weighted by Crippen LogP contribution is -2.08. The fourth-order valence-corrected chi connectivity index (χ4v) is 5.10. The van der Waals surface area contributed by atoms with Crippen LogP contribution >= 0.6 is 7.82 Å². The number of phosphoric ester groups is 1. The average molecular weight is 494 g/mol. The first-order valence-electron chi connectivity index (χ1n) is 11.9. The summed E-state index contributed by atoms with van der Waals surface area (Å²) >= 11 is 0. The van der Waals surface area contributed by atoms with E-state index < -0.39 is 7.82 Å². The highest BCUT2D eigenvalue weighted by Gasteiger charge is 2.34. The maximum Gasteiger partial charge on any atom is 0.647 e. The molecule has 3 aliphatic heterocycles. The summed E-state index contributed by atoms with van der Waals surface area (Å²) in [5, 5.41) is 0. The lowest BCUT2D eigenvalue weighted by molar-refractivity contribution is 0.298. The topological polar surface area (TPSA) is 82.4 Å². The van der Waals surface area contributed by atoms with E-state index in [2.05, 4.69) is 0 Å². The van der Waals surface area contributed by atoms with Crippen LogP contribution in [-0.2, 0) is 38.0 Å². The van der Waals surface area contributed by atoms with Crippen LogP contribution in [0, 0.1) is 0 Å². The maximum atomic E-state index is 13.8. The van der Waals surface area contributed by atoms with E-state index in [1.165, 1.54) is 0 Å².